The third-order valence-corrected chi connectivity index (χ3v) is 6.50. The second-order valence-electron chi connectivity index (χ2n) is 5.15. The highest BCUT2D eigenvalue weighted by Crippen LogP contribution is 2.33. The Morgan fingerprint density at radius 3 is 1.58 bits per heavy atom. The molecule has 0 saturated carbocycles. The van der Waals surface area contributed by atoms with Crippen molar-refractivity contribution in [1.29, 1.82) is 0 Å². The van der Waals surface area contributed by atoms with Gasteiger partial charge in [-0.1, -0.05) is 39.5 Å². The lowest BCUT2D eigenvalue weighted by Gasteiger charge is -2.30. The van der Waals surface area contributed by atoms with Crippen LogP contribution >= 0.6 is 0 Å². The van der Waals surface area contributed by atoms with Gasteiger partial charge in [0.25, 0.3) is 0 Å². The molecule has 0 amide bonds. The van der Waals surface area contributed by atoms with Crippen molar-refractivity contribution in [3.05, 3.63) is 0 Å². The van der Waals surface area contributed by atoms with Gasteiger partial charge < -0.3 is 13.3 Å². The Bertz CT molecular complexity index is 206. The number of halogens is 1. The van der Waals surface area contributed by atoms with E-state index < -0.39 is 14.5 Å². The highest BCUT2D eigenvalue weighted by Gasteiger charge is 2.41. The van der Waals surface area contributed by atoms with Crippen LogP contribution in [0.2, 0.25) is 6.04 Å². The number of hydrogen-bond acceptors (Lipinski definition) is 3. The van der Waals surface area contributed by atoms with Gasteiger partial charge in [-0.2, -0.15) is 0 Å². The topological polar surface area (TPSA) is 27.7 Å². The van der Waals surface area contributed by atoms with Gasteiger partial charge in [-0.05, 0) is 19.3 Å². The number of alkyl halides is 1. The fraction of sp³-hybridized carbons (Fsp3) is 1.00. The molecule has 0 saturated heterocycles. The monoisotopic (exact) mass is 294 g/mol. The van der Waals surface area contributed by atoms with Crippen molar-refractivity contribution in [2.45, 2.75) is 70.5 Å². The first kappa shape index (κ1) is 19.0. The third-order valence-electron chi connectivity index (χ3n) is 3.77. The molecule has 0 fully saturated rings. The second kappa shape index (κ2) is 9.86. The van der Waals surface area contributed by atoms with Crippen LogP contribution in [0, 0.1) is 0 Å². The van der Waals surface area contributed by atoms with Crippen LogP contribution in [0.5, 0.6) is 0 Å². The molecule has 116 valence electrons. The van der Waals surface area contributed by atoms with Crippen molar-refractivity contribution >= 4 is 8.80 Å². The summed E-state index contributed by atoms with van der Waals surface area (Å²) < 4.78 is 31.1. The van der Waals surface area contributed by atoms with E-state index in [1.807, 2.05) is 0 Å². The molecule has 3 nitrogen and oxygen atoms in total. The largest absolute Gasteiger partial charge is 0.500 e. The van der Waals surface area contributed by atoms with Gasteiger partial charge in [0, 0.05) is 27.4 Å². The zero-order valence-corrected chi connectivity index (χ0v) is 14.3. The number of hydrogen-bond donors (Lipinski definition) is 0. The summed E-state index contributed by atoms with van der Waals surface area (Å²) in [5.41, 5.74) is -1.10. The van der Waals surface area contributed by atoms with Crippen LogP contribution in [0.3, 0.4) is 0 Å². The molecule has 0 rings (SSSR count). The molecule has 0 spiro atoms. The van der Waals surface area contributed by atoms with E-state index in [1.165, 1.54) is 0 Å². The van der Waals surface area contributed by atoms with Crippen LogP contribution in [-0.2, 0) is 13.3 Å². The molecule has 0 aliphatic rings. The van der Waals surface area contributed by atoms with E-state index >= 15 is 0 Å². The molecular weight excluding hydrogens is 263 g/mol. The summed E-state index contributed by atoms with van der Waals surface area (Å²) in [5.74, 6) is 0. The van der Waals surface area contributed by atoms with E-state index in [4.69, 9.17) is 13.3 Å². The van der Waals surface area contributed by atoms with Crippen molar-refractivity contribution in [2.75, 3.05) is 21.3 Å². The van der Waals surface area contributed by atoms with Gasteiger partial charge in [-0.25, -0.2) is 4.39 Å². The van der Waals surface area contributed by atoms with E-state index in [0.717, 1.165) is 25.7 Å². The van der Waals surface area contributed by atoms with Crippen molar-refractivity contribution in [2.24, 2.45) is 0 Å². The first-order valence-electron chi connectivity index (χ1n) is 7.35. The Kier molecular flexibility index (Phi) is 9.87. The van der Waals surface area contributed by atoms with Gasteiger partial charge in [-0.15, -0.1) is 0 Å². The lowest BCUT2D eigenvalue weighted by molar-refractivity contribution is 0.0924. The molecule has 0 bridgehead atoms. The highest BCUT2D eigenvalue weighted by molar-refractivity contribution is 6.60. The molecule has 0 aliphatic carbocycles. The van der Waals surface area contributed by atoms with E-state index in [1.54, 1.807) is 21.3 Å². The van der Waals surface area contributed by atoms with Gasteiger partial charge in [0.05, 0.1) is 0 Å². The molecule has 19 heavy (non-hydrogen) atoms. The van der Waals surface area contributed by atoms with Crippen LogP contribution < -0.4 is 0 Å². The fourth-order valence-corrected chi connectivity index (χ4v) is 4.16. The van der Waals surface area contributed by atoms with Gasteiger partial charge in [0.1, 0.15) is 5.67 Å². The zero-order valence-electron chi connectivity index (χ0n) is 13.3. The molecule has 0 aromatic carbocycles. The highest BCUT2D eigenvalue weighted by atomic mass is 28.4. The predicted octanol–water partition coefficient (Wildman–Crippen LogP) is 4.34. The van der Waals surface area contributed by atoms with Crippen molar-refractivity contribution in [3.63, 3.8) is 0 Å². The Morgan fingerprint density at radius 2 is 1.26 bits per heavy atom. The van der Waals surface area contributed by atoms with Gasteiger partial charge >= 0.3 is 8.80 Å². The minimum absolute atomic E-state index is 0.467. The maximum Gasteiger partial charge on any atom is 0.500 e. The molecule has 0 unspecified atom stereocenters. The summed E-state index contributed by atoms with van der Waals surface area (Å²) in [6.07, 6.45) is 5.65. The summed E-state index contributed by atoms with van der Waals surface area (Å²) in [4.78, 5) is 0. The quantitative estimate of drug-likeness (QED) is 0.501. The summed E-state index contributed by atoms with van der Waals surface area (Å²) in [7, 11) is 2.10. The van der Waals surface area contributed by atoms with Gasteiger partial charge in [0.15, 0.2) is 0 Å². The van der Waals surface area contributed by atoms with E-state index in [2.05, 4.69) is 13.8 Å². The summed E-state index contributed by atoms with van der Waals surface area (Å²) in [5, 5.41) is 0. The van der Waals surface area contributed by atoms with Crippen LogP contribution in [0.1, 0.15) is 58.8 Å². The van der Waals surface area contributed by atoms with Crippen LogP contribution in [0.25, 0.3) is 0 Å². The van der Waals surface area contributed by atoms with E-state index in [9.17, 15) is 4.39 Å². The molecule has 0 aromatic rings. The van der Waals surface area contributed by atoms with Gasteiger partial charge in [0.2, 0.25) is 0 Å². The predicted molar refractivity (Wildman–Crippen MR) is 79.1 cm³/mol. The number of rotatable bonds is 12. The van der Waals surface area contributed by atoms with E-state index in [-0.39, 0.29) is 0 Å². The fourth-order valence-electron chi connectivity index (χ4n) is 2.30. The van der Waals surface area contributed by atoms with Crippen LogP contribution in [0.15, 0.2) is 0 Å². The number of unbranched alkanes of at least 4 members (excludes halogenated alkanes) is 2. The molecule has 0 N–H and O–H groups in total. The Balaban J connectivity index is 4.53. The van der Waals surface area contributed by atoms with E-state index in [0.29, 0.717) is 25.3 Å². The van der Waals surface area contributed by atoms with Crippen molar-refractivity contribution in [3.8, 4) is 0 Å². The average Bonchev–Trinajstić information content (AvgIpc) is 2.45. The molecule has 0 atom stereocenters. The molecule has 5 heteroatoms. The lowest BCUT2D eigenvalue weighted by atomic mass is 9.90. The zero-order chi connectivity index (χ0) is 14.8. The summed E-state index contributed by atoms with van der Waals surface area (Å²) in [6, 6.07) is 0.542. The first-order valence-corrected chi connectivity index (χ1v) is 9.29. The average molecular weight is 294 g/mol. The maximum absolute atomic E-state index is 15.0. The molecular formula is C14H31FO3Si. The normalized spacial score (nSPS) is 12.9. The van der Waals surface area contributed by atoms with Crippen molar-refractivity contribution in [1.82, 2.24) is 0 Å². The molecule has 0 radical (unpaired) electrons. The van der Waals surface area contributed by atoms with Crippen LogP contribution in [-0.4, -0.2) is 35.8 Å². The Labute approximate surface area is 119 Å². The van der Waals surface area contributed by atoms with Crippen LogP contribution in [0.4, 0.5) is 4.39 Å². The molecule has 0 heterocycles. The molecule has 0 aromatic heterocycles. The smallest absolute Gasteiger partial charge is 0.377 e. The third kappa shape index (κ3) is 6.84. The Morgan fingerprint density at radius 1 is 0.842 bits per heavy atom. The summed E-state index contributed by atoms with van der Waals surface area (Å²) >= 11 is 0. The Hall–Kier alpha value is 0.0269. The maximum atomic E-state index is 15.0. The SMILES string of the molecule is CCCCC(F)(CCCC)CC[Si](OC)(OC)OC. The minimum atomic E-state index is -2.65. The molecule has 0 aliphatic heterocycles. The van der Waals surface area contributed by atoms with Crippen molar-refractivity contribution < 1.29 is 17.7 Å². The standard InChI is InChI=1S/C14H31FO3Si/c1-6-8-10-14(15,11-9-7-2)12-13-19(16-3,17-4)18-5/h6-13H2,1-5H3. The second-order valence-corrected chi connectivity index (χ2v) is 8.24. The minimum Gasteiger partial charge on any atom is -0.377 e. The first-order chi connectivity index (χ1) is 9.01. The van der Waals surface area contributed by atoms with Gasteiger partial charge in [-0.3, -0.25) is 0 Å². The summed E-state index contributed by atoms with van der Waals surface area (Å²) in [6.45, 7) is 4.19. The lowest BCUT2D eigenvalue weighted by Crippen LogP contribution is -2.44.